The molecule has 2 fully saturated rings. The number of hydrogen-bond acceptors (Lipinski definition) is 3. The maximum absolute atomic E-state index is 12.2. The molecule has 3 atom stereocenters. The van der Waals surface area contributed by atoms with Crippen LogP contribution >= 0.6 is 0 Å². The first-order valence-electron chi connectivity index (χ1n) is 6.99. The molecule has 0 saturated carbocycles. The molecule has 0 aliphatic carbocycles. The van der Waals surface area contributed by atoms with Crippen molar-refractivity contribution in [2.45, 2.75) is 70.6 Å². The lowest BCUT2D eigenvalue weighted by Crippen LogP contribution is -2.48. The van der Waals surface area contributed by atoms with Crippen molar-refractivity contribution in [1.82, 2.24) is 4.90 Å². The molecule has 2 saturated heterocycles. The third-order valence-corrected chi connectivity index (χ3v) is 3.90. The summed E-state index contributed by atoms with van der Waals surface area (Å²) in [5.74, 6) is -0.538. The zero-order chi connectivity index (χ0) is 14.2. The Hall–Kier alpha value is -1.26. The molecule has 5 heteroatoms. The Balaban J connectivity index is 1.99. The Morgan fingerprint density at radius 1 is 1.21 bits per heavy atom. The average molecular weight is 269 g/mol. The fourth-order valence-electron chi connectivity index (χ4n) is 3.32. The number of aliphatic carboxylic acids is 1. The molecule has 2 rings (SSSR count). The number of nitrogens with zero attached hydrogens (tertiary/aromatic N) is 1. The molecule has 1 amide bonds. The standard InChI is InChI=1S/C14H23NO4/c1-14(2,3)19-13(18)15-10-4-5-11(15)7-9(6-10)8-12(16)17/h9-11H,4-8H2,1-3H3,(H,16,17)/t9-,10+,11-. The van der Waals surface area contributed by atoms with Gasteiger partial charge in [-0.25, -0.2) is 4.79 Å². The second-order valence-electron chi connectivity index (χ2n) is 6.71. The summed E-state index contributed by atoms with van der Waals surface area (Å²) in [7, 11) is 0. The van der Waals surface area contributed by atoms with Crippen LogP contribution in [-0.2, 0) is 9.53 Å². The van der Waals surface area contributed by atoms with Gasteiger partial charge >= 0.3 is 12.1 Å². The van der Waals surface area contributed by atoms with E-state index in [4.69, 9.17) is 9.84 Å². The fourth-order valence-corrected chi connectivity index (χ4v) is 3.32. The van der Waals surface area contributed by atoms with Crippen molar-refractivity contribution in [2.75, 3.05) is 0 Å². The van der Waals surface area contributed by atoms with Gasteiger partial charge in [0.15, 0.2) is 0 Å². The summed E-state index contributed by atoms with van der Waals surface area (Å²) in [5, 5.41) is 8.88. The molecule has 5 nitrogen and oxygen atoms in total. The average Bonchev–Trinajstić information content (AvgIpc) is 2.47. The second-order valence-corrected chi connectivity index (χ2v) is 6.71. The summed E-state index contributed by atoms with van der Waals surface area (Å²) in [5.41, 5.74) is -0.478. The molecule has 108 valence electrons. The number of carbonyl (C=O) groups excluding carboxylic acids is 1. The summed E-state index contributed by atoms with van der Waals surface area (Å²) in [6.07, 6.45) is 3.51. The van der Waals surface area contributed by atoms with E-state index in [-0.39, 0.29) is 30.5 Å². The van der Waals surface area contributed by atoms with E-state index >= 15 is 0 Å². The minimum atomic E-state index is -0.741. The third kappa shape index (κ3) is 3.39. The van der Waals surface area contributed by atoms with E-state index in [9.17, 15) is 9.59 Å². The van der Waals surface area contributed by atoms with Gasteiger partial charge in [0.1, 0.15) is 5.60 Å². The molecule has 2 aliphatic heterocycles. The number of amides is 1. The maximum atomic E-state index is 12.2. The van der Waals surface area contributed by atoms with Gasteiger partial charge in [-0.05, 0) is 52.4 Å². The molecule has 2 aliphatic rings. The smallest absolute Gasteiger partial charge is 0.410 e. The highest BCUT2D eigenvalue weighted by atomic mass is 16.6. The predicted molar refractivity (Wildman–Crippen MR) is 69.9 cm³/mol. The van der Waals surface area contributed by atoms with Gasteiger partial charge in [0, 0.05) is 18.5 Å². The molecular formula is C14H23NO4. The van der Waals surface area contributed by atoms with E-state index in [2.05, 4.69) is 0 Å². The lowest BCUT2D eigenvalue weighted by atomic mass is 9.88. The van der Waals surface area contributed by atoms with Crippen molar-refractivity contribution < 1.29 is 19.4 Å². The zero-order valence-electron chi connectivity index (χ0n) is 11.9. The highest BCUT2D eigenvalue weighted by molar-refractivity contribution is 5.70. The molecule has 0 unspecified atom stereocenters. The molecule has 0 aromatic carbocycles. The van der Waals surface area contributed by atoms with Crippen LogP contribution in [0.3, 0.4) is 0 Å². The summed E-state index contributed by atoms with van der Waals surface area (Å²) < 4.78 is 5.45. The molecular weight excluding hydrogens is 246 g/mol. The Labute approximate surface area is 113 Å². The van der Waals surface area contributed by atoms with Gasteiger partial charge in [-0.1, -0.05) is 0 Å². The lowest BCUT2D eigenvalue weighted by molar-refractivity contribution is -0.138. The SMILES string of the molecule is CC(C)(C)OC(=O)N1[C@@H]2CC[C@H]1C[C@@H](CC(=O)O)C2. The summed E-state index contributed by atoms with van der Waals surface area (Å²) >= 11 is 0. The molecule has 2 bridgehead atoms. The van der Waals surface area contributed by atoms with E-state index in [0.29, 0.717) is 0 Å². The van der Waals surface area contributed by atoms with E-state index in [0.717, 1.165) is 25.7 Å². The second kappa shape index (κ2) is 5.02. The summed E-state index contributed by atoms with van der Waals surface area (Å²) in [4.78, 5) is 24.8. The van der Waals surface area contributed by atoms with Crippen LogP contribution in [0.4, 0.5) is 4.79 Å². The van der Waals surface area contributed by atoms with Crippen molar-refractivity contribution in [2.24, 2.45) is 5.92 Å². The number of rotatable bonds is 2. The minimum absolute atomic E-state index is 0.165. The molecule has 1 N–H and O–H groups in total. The molecule has 19 heavy (non-hydrogen) atoms. The number of carboxylic acid groups (broad SMARTS) is 1. The lowest BCUT2D eigenvalue weighted by Gasteiger charge is -2.39. The minimum Gasteiger partial charge on any atom is -0.481 e. The van der Waals surface area contributed by atoms with E-state index in [1.54, 1.807) is 0 Å². The number of piperidine rings is 1. The maximum Gasteiger partial charge on any atom is 0.410 e. The first-order valence-corrected chi connectivity index (χ1v) is 6.99. The quantitative estimate of drug-likeness (QED) is 0.836. The fraction of sp³-hybridized carbons (Fsp3) is 0.857. The topological polar surface area (TPSA) is 66.8 Å². The molecule has 0 spiro atoms. The van der Waals surface area contributed by atoms with Crippen molar-refractivity contribution in [1.29, 1.82) is 0 Å². The van der Waals surface area contributed by atoms with Crippen LogP contribution in [0.5, 0.6) is 0 Å². The number of ether oxygens (including phenoxy) is 1. The van der Waals surface area contributed by atoms with Crippen LogP contribution in [0.25, 0.3) is 0 Å². The van der Waals surface area contributed by atoms with Gasteiger partial charge < -0.3 is 14.7 Å². The molecule has 0 aromatic rings. The number of carbonyl (C=O) groups is 2. The van der Waals surface area contributed by atoms with Crippen molar-refractivity contribution in [3.8, 4) is 0 Å². The van der Waals surface area contributed by atoms with Crippen LogP contribution in [0, 0.1) is 5.92 Å². The van der Waals surface area contributed by atoms with Gasteiger partial charge in [-0.3, -0.25) is 4.79 Å². The Kier molecular flexibility index (Phi) is 3.74. The van der Waals surface area contributed by atoms with Crippen LogP contribution in [0.1, 0.15) is 52.9 Å². The Morgan fingerprint density at radius 3 is 2.16 bits per heavy atom. The number of carboxylic acids is 1. The monoisotopic (exact) mass is 269 g/mol. The van der Waals surface area contributed by atoms with Gasteiger partial charge in [0.25, 0.3) is 0 Å². The summed E-state index contributed by atoms with van der Waals surface area (Å²) in [6, 6.07) is 0.330. The third-order valence-electron chi connectivity index (χ3n) is 3.90. The van der Waals surface area contributed by atoms with Gasteiger partial charge in [-0.2, -0.15) is 0 Å². The molecule has 0 aromatic heterocycles. The number of fused-ring (bicyclic) bond motifs is 2. The van der Waals surface area contributed by atoms with Gasteiger partial charge in [0.2, 0.25) is 0 Å². The van der Waals surface area contributed by atoms with E-state index < -0.39 is 11.6 Å². The van der Waals surface area contributed by atoms with Gasteiger partial charge in [0.05, 0.1) is 0 Å². The molecule has 2 heterocycles. The van der Waals surface area contributed by atoms with Gasteiger partial charge in [-0.15, -0.1) is 0 Å². The predicted octanol–water partition coefficient (Wildman–Crippen LogP) is 2.64. The van der Waals surface area contributed by atoms with Crippen LogP contribution in [-0.4, -0.2) is 39.8 Å². The van der Waals surface area contributed by atoms with E-state index in [1.807, 2.05) is 25.7 Å². The van der Waals surface area contributed by atoms with E-state index in [1.165, 1.54) is 0 Å². The highest BCUT2D eigenvalue weighted by Crippen LogP contribution is 2.40. The van der Waals surface area contributed by atoms with Crippen LogP contribution in [0.15, 0.2) is 0 Å². The Bertz CT molecular complexity index is 360. The normalized spacial score (nSPS) is 30.3. The first-order chi connectivity index (χ1) is 8.76. The number of hydrogen-bond donors (Lipinski definition) is 1. The van der Waals surface area contributed by atoms with Crippen molar-refractivity contribution in [3.05, 3.63) is 0 Å². The Morgan fingerprint density at radius 2 is 1.74 bits per heavy atom. The highest BCUT2D eigenvalue weighted by Gasteiger charge is 2.45. The zero-order valence-corrected chi connectivity index (χ0v) is 11.9. The van der Waals surface area contributed by atoms with Crippen molar-refractivity contribution in [3.63, 3.8) is 0 Å². The van der Waals surface area contributed by atoms with Crippen LogP contribution < -0.4 is 0 Å². The molecule has 0 radical (unpaired) electrons. The van der Waals surface area contributed by atoms with Crippen molar-refractivity contribution >= 4 is 12.1 Å². The van der Waals surface area contributed by atoms with Crippen LogP contribution in [0.2, 0.25) is 0 Å². The first kappa shape index (κ1) is 14.2. The summed E-state index contributed by atoms with van der Waals surface area (Å²) in [6.45, 7) is 5.60. The largest absolute Gasteiger partial charge is 0.481 e.